The molecular formula is C20H28N2O. The van der Waals surface area contributed by atoms with Crippen LogP contribution in [0.1, 0.15) is 60.9 Å². The van der Waals surface area contributed by atoms with Gasteiger partial charge in [0.05, 0.1) is 5.54 Å². The molecule has 124 valence electrons. The topological polar surface area (TPSA) is 32.3 Å². The van der Waals surface area contributed by atoms with Gasteiger partial charge in [-0.15, -0.1) is 0 Å². The number of hydrogen-bond donors (Lipinski definition) is 1. The summed E-state index contributed by atoms with van der Waals surface area (Å²) < 4.78 is 0. The van der Waals surface area contributed by atoms with Crippen molar-refractivity contribution in [2.75, 3.05) is 19.6 Å². The SMILES string of the molecule is O=C1N[C@@]2(CCc3ccccc31)CCN(CC1CCCCC1)C2. The van der Waals surface area contributed by atoms with Gasteiger partial charge in [-0.3, -0.25) is 4.79 Å². The molecule has 2 fully saturated rings. The predicted octanol–water partition coefficient (Wildman–Crippen LogP) is 3.39. The van der Waals surface area contributed by atoms with Crippen molar-refractivity contribution < 1.29 is 4.79 Å². The molecule has 2 aliphatic heterocycles. The molecule has 0 aromatic heterocycles. The Bertz CT molecular complexity index is 579. The van der Waals surface area contributed by atoms with Crippen molar-refractivity contribution in [3.8, 4) is 0 Å². The maximum absolute atomic E-state index is 12.6. The third-order valence-corrected chi connectivity index (χ3v) is 6.19. The van der Waals surface area contributed by atoms with Gasteiger partial charge >= 0.3 is 0 Å². The molecule has 1 aromatic rings. The summed E-state index contributed by atoms with van der Waals surface area (Å²) in [6.45, 7) is 3.43. The van der Waals surface area contributed by atoms with Gasteiger partial charge in [0.15, 0.2) is 0 Å². The molecule has 2 heterocycles. The first-order valence-electron chi connectivity index (χ1n) is 9.37. The molecule has 0 radical (unpaired) electrons. The van der Waals surface area contributed by atoms with Crippen molar-refractivity contribution in [2.45, 2.75) is 56.9 Å². The van der Waals surface area contributed by atoms with Gasteiger partial charge in [0.2, 0.25) is 0 Å². The molecule has 1 N–H and O–H groups in total. The minimum absolute atomic E-state index is 0.00473. The van der Waals surface area contributed by atoms with Gasteiger partial charge in [0.1, 0.15) is 0 Å². The number of amides is 1. The van der Waals surface area contributed by atoms with E-state index < -0.39 is 0 Å². The van der Waals surface area contributed by atoms with E-state index in [-0.39, 0.29) is 11.4 Å². The van der Waals surface area contributed by atoms with Gasteiger partial charge in [-0.2, -0.15) is 0 Å². The molecule has 1 atom stereocenters. The predicted molar refractivity (Wildman–Crippen MR) is 92.6 cm³/mol. The van der Waals surface area contributed by atoms with Crippen LogP contribution in [0.25, 0.3) is 0 Å². The Labute approximate surface area is 139 Å². The van der Waals surface area contributed by atoms with E-state index >= 15 is 0 Å². The second kappa shape index (κ2) is 6.27. The molecule has 3 aliphatic rings. The minimum atomic E-state index is 0.00473. The first-order chi connectivity index (χ1) is 11.2. The molecule has 1 spiro atoms. The van der Waals surface area contributed by atoms with E-state index in [0.29, 0.717) is 0 Å². The van der Waals surface area contributed by atoms with Crippen LogP contribution in [0.3, 0.4) is 0 Å². The Morgan fingerprint density at radius 1 is 1.13 bits per heavy atom. The molecule has 1 saturated heterocycles. The molecule has 23 heavy (non-hydrogen) atoms. The average molecular weight is 312 g/mol. The summed E-state index contributed by atoms with van der Waals surface area (Å²) in [6.07, 6.45) is 10.3. The number of carbonyl (C=O) groups is 1. The van der Waals surface area contributed by atoms with Gasteiger partial charge in [-0.05, 0) is 49.7 Å². The molecule has 1 aliphatic carbocycles. The van der Waals surface area contributed by atoms with Crippen LogP contribution in [-0.2, 0) is 6.42 Å². The number of fused-ring (bicyclic) bond motifs is 1. The van der Waals surface area contributed by atoms with Crippen LogP contribution in [-0.4, -0.2) is 36.0 Å². The number of aryl methyl sites for hydroxylation is 1. The molecule has 0 bridgehead atoms. The number of likely N-dealkylation sites (tertiary alicyclic amines) is 1. The highest BCUT2D eigenvalue weighted by atomic mass is 16.1. The molecule has 1 amide bonds. The molecule has 3 nitrogen and oxygen atoms in total. The normalized spacial score (nSPS) is 29.3. The number of nitrogens with zero attached hydrogens (tertiary/aromatic N) is 1. The summed E-state index contributed by atoms with van der Waals surface area (Å²) in [5.74, 6) is 1.02. The van der Waals surface area contributed by atoms with Gasteiger partial charge in [0.25, 0.3) is 5.91 Å². The van der Waals surface area contributed by atoms with E-state index in [1.54, 1.807) is 0 Å². The van der Waals surface area contributed by atoms with E-state index in [2.05, 4.69) is 16.3 Å². The number of hydrogen-bond acceptors (Lipinski definition) is 2. The summed E-state index contributed by atoms with van der Waals surface area (Å²) >= 11 is 0. The highest BCUT2D eigenvalue weighted by Crippen LogP contribution is 2.32. The standard InChI is InChI=1S/C20H28N2O/c23-19-18-9-5-4-8-17(18)10-11-20(21-19)12-13-22(15-20)14-16-6-2-1-3-7-16/h4-5,8-9,16H,1-3,6-7,10-15H2,(H,21,23)/t20-/m0/s1. The van der Waals surface area contributed by atoms with Crippen LogP contribution < -0.4 is 5.32 Å². The Kier molecular flexibility index (Phi) is 4.14. The van der Waals surface area contributed by atoms with Crippen LogP contribution in [0.5, 0.6) is 0 Å². The maximum Gasteiger partial charge on any atom is 0.252 e. The highest BCUT2D eigenvalue weighted by molar-refractivity contribution is 5.96. The van der Waals surface area contributed by atoms with Crippen molar-refractivity contribution in [2.24, 2.45) is 5.92 Å². The van der Waals surface area contributed by atoms with Crippen molar-refractivity contribution in [3.63, 3.8) is 0 Å². The fourth-order valence-corrected chi connectivity index (χ4v) is 4.86. The van der Waals surface area contributed by atoms with Gasteiger partial charge in [0, 0.05) is 25.2 Å². The second-order valence-electron chi connectivity index (χ2n) is 7.88. The summed E-state index contributed by atoms with van der Waals surface area (Å²) in [5, 5.41) is 3.40. The zero-order valence-electron chi connectivity index (χ0n) is 14.0. The Balaban J connectivity index is 1.43. The molecule has 1 aromatic carbocycles. The lowest BCUT2D eigenvalue weighted by Crippen LogP contribution is -2.49. The van der Waals surface area contributed by atoms with Crippen molar-refractivity contribution >= 4 is 5.91 Å². The van der Waals surface area contributed by atoms with Crippen LogP contribution in [0.2, 0.25) is 0 Å². The lowest BCUT2D eigenvalue weighted by molar-refractivity contribution is 0.0900. The molecular weight excluding hydrogens is 284 g/mol. The first-order valence-corrected chi connectivity index (χ1v) is 9.37. The fourth-order valence-electron chi connectivity index (χ4n) is 4.86. The zero-order chi connectivity index (χ0) is 15.7. The third-order valence-electron chi connectivity index (χ3n) is 6.19. The fraction of sp³-hybridized carbons (Fsp3) is 0.650. The van der Waals surface area contributed by atoms with Crippen molar-refractivity contribution in [3.05, 3.63) is 35.4 Å². The monoisotopic (exact) mass is 312 g/mol. The van der Waals surface area contributed by atoms with E-state index in [4.69, 9.17) is 0 Å². The van der Waals surface area contributed by atoms with E-state index in [9.17, 15) is 4.79 Å². The average Bonchev–Trinajstić information content (AvgIpc) is 2.90. The van der Waals surface area contributed by atoms with Gasteiger partial charge < -0.3 is 10.2 Å². The minimum Gasteiger partial charge on any atom is -0.345 e. The second-order valence-corrected chi connectivity index (χ2v) is 7.88. The Morgan fingerprint density at radius 2 is 1.96 bits per heavy atom. The van der Waals surface area contributed by atoms with Crippen LogP contribution in [0, 0.1) is 5.92 Å². The van der Waals surface area contributed by atoms with Crippen molar-refractivity contribution in [1.82, 2.24) is 10.2 Å². The summed E-state index contributed by atoms with van der Waals surface area (Å²) in [7, 11) is 0. The number of rotatable bonds is 2. The largest absolute Gasteiger partial charge is 0.345 e. The van der Waals surface area contributed by atoms with Crippen LogP contribution in [0.4, 0.5) is 0 Å². The lowest BCUT2D eigenvalue weighted by Gasteiger charge is -2.31. The molecule has 1 saturated carbocycles. The molecule has 4 rings (SSSR count). The zero-order valence-corrected chi connectivity index (χ0v) is 14.0. The van der Waals surface area contributed by atoms with E-state index in [1.807, 2.05) is 18.2 Å². The van der Waals surface area contributed by atoms with Crippen LogP contribution >= 0.6 is 0 Å². The number of nitrogens with one attached hydrogen (secondary N) is 1. The Morgan fingerprint density at radius 3 is 2.83 bits per heavy atom. The molecule has 0 unspecified atom stereocenters. The first kappa shape index (κ1) is 15.2. The maximum atomic E-state index is 12.6. The number of benzene rings is 1. The van der Waals surface area contributed by atoms with E-state index in [1.165, 1.54) is 44.2 Å². The van der Waals surface area contributed by atoms with Gasteiger partial charge in [-0.25, -0.2) is 0 Å². The number of carbonyl (C=O) groups excluding carboxylic acids is 1. The highest BCUT2D eigenvalue weighted by Gasteiger charge is 2.41. The van der Waals surface area contributed by atoms with Gasteiger partial charge in [-0.1, -0.05) is 37.5 Å². The van der Waals surface area contributed by atoms with Crippen molar-refractivity contribution in [1.29, 1.82) is 0 Å². The lowest BCUT2D eigenvalue weighted by atomic mass is 9.89. The Hall–Kier alpha value is -1.35. The summed E-state index contributed by atoms with van der Waals surface area (Å²) in [5.41, 5.74) is 2.10. The molecule has 3 heteroatoms. The van der Waals surface area contributed by atoms with E-state index in [0.717, 1.165) is 43.8 Å². The third kappa shape index (κ3) is 3.16. The summed E-state index contributed by atoms with van der Waals surface area (Å²) in [6, 6.07) is 8.11. The quantitative estimate of drug-likeness (QED) is 0.908. The van der Waals surface area contributed by atoms with Crippen LogP contribution in [0.15, 0.2) is 24.3 Å². The smallest absolute Gasteiger partial charge is 0.252 e. The summed E-state index contributed by atoms with van der Waals surface area (Å²) in [4.78, 5) is 15.3.